The number of carbonyl (C=O) groups excluding carboxylic acids is 2. The van der Waals surface area contributed by atoms with Crippen molar-refractivity contribution < 1.29 is 14.3 Å². The Morgan fingerprint density at radius 2 is 2.21 bits per heavy atom. The molecule has 1 heterocycles. The third kappa shape index (κ3) is 2.93. The minimum Gasteiger partial charge on any atom is -0.467 e. The second-order valence-corrected chi connectivity index (χ2v) is 4.59. The normalized spacial score (nSPS) is 15.3. The second kappa shape index (κ2) is 5.84. The highest BCUT2D eigenvalue weighted by atomic mass is 16.5. The fourth-order valence-corrected chi connectivity index (χ4v) is 2.24. The van der Waals surface area contributed by atoms with E-state index in [0.717, 1.165) is 18.5 Å². The summed E-state index contributed by atoms with van der Waals surface area (Å²) in [5, 5.41) is 5.91. The van der Waals surface area contributed by atoms with Gasteiger partial charge in [0.2, 0.25) is 0 Å². The van der Waals surface area contributed by atoms with Gasteiger partial charge in [0.25, 0.3) is 5.91 Å². The summed E-state index contributed by atoms with van der Waals surface area (Å²) >= 11 is 0. The highest BCUT2D eigenvalue weighted by molar-refractivity contribution is 5.98. The Kier molecular flexibility index (Phi) is 4.16. The van der Waals surface area contributed by atoms with Gasteiger partial charge in [-0.15, -0.1) is 0 Å². The molecule has 1 aliphatic rings. The quantitative estimate of drug-likeness (QED) is 0.784. The fourth-order valence-electron chi connectivity index (χ4n) is 2.24. The van der Waals surface area contributed by atoms with Crippen LogP contribution in [0.25, 0.3) is 0 Å². The smallest absolute Gasteiger partial charge is 0.328 e. The molecule has 0 saturated carbocycles. The van der Waals surface area contributed by atoms with Crippen molar-refractivity contribution in [3.8, 4) is 0 Å². The Balaban J connectivity index is 2.18. The molecule has 0 aromatic heterocycles. The third-order valence-electron chi connectivity index (χ3n) is 3.29. The summed E-state index contributed by atoms with van der Waals surface area (Å²) in [6.07, 6.45) is 0.920. The Morgan fingerprint density at radius 1 is 1.42 bits per heavy atom. The molecule has 0 aliphatic carbocycles. The lowest BCUT2D eigenvalue weighted by molar-refractivity contribution is -0.142. The molecule has 0 spiro atoms. The zero-order valence-corrected chi connectivity index (χ0v) is 11.2. The number of esters is 1. The lowest BCUT2D eigenvalue weighted by atomic mass is 9.95. The van der Waals surface area contributed by atoms with Crippen LogP contribution in [0.3, 0.4) is 0 Å². The van der Waals surface area contributed by atoms with E-state index in [0.29, 0.717) is 12.1 Å². The molecule has 0 saturated heterocycles. The van der Waals surface area contributed by atoms with E-state index in [-0.39, 0.29) is 5.91 Å². The third-order valence-corrected chi connectivity index (χ3v) is 3.29. The van der Waals surface area contributed by atoms with Crippen molar-refractivity contribution in [1.82, 2.24) is 10.6 Å². The molecular formula is C14H18N2O3. The summed E-state index contributed by atoms with van der Waals surface area (Å²) in [5.41, 5.74) is 2.83. The van der Waals surface area contributed by atoms with Crippen molar-refractivity contribution in [1.29, 1.82) is 0 Å². The Hall–Kier alpha value is -1.88. The Morgan fingerprint density at radius 3 is 2.95 bits per heavy atom. The molecule has 5 nitrogen and oxygen atoms in total. The summed E-state index contributed by atoms with van der Waals surface area (Å²) in [6, 6.07) is 5.05. The van der Waals surface area contributed by atoms with E-state index in [1.165, 1.54) is 12.7 Å². The van der Waals surface area contributed by atoms with Crippen LogP contribution >= 0.6 is 0 Å². The summed E-state index contributed by atoms with van der Waals surface area (Å²) in [4.78, 5) is 23.5. The number of amides is 1. The Bertz CT molecular complexity index is 499. The maximum absolute atomic E-state index is 12.2. The Labute approximate surface area is 112 Å². The van der Waals surface area contributed by atoms with Crippen LogP contribution in [0.5, 0.6) is 0 Å². The number of hydrogen-bond acceptors (Lipinski definition) is 4. The van der Waals surface area contributed by atoms with Gasteiger partial charge in [0.1, 0.15) is 6.04 Å². The van der Waals surface area contributed by atoms with E-state index in [1.54, 1.807) is 13.0 Å². The molecule has 1 unspecified atom stereocenters. The fraction of sp³-hybridized carbons (Fsp3) is 0.429. The average molecular weight is 262 g/mol. The molecular weight excluding hydrogens is 244 g/mol. The first-order valence-electron chi connectivity index (χ1n) is 6.33. The number of rotatable bonds is 3. The van der Waals surface area contributed by atoms with Gasteiger partial charge in [-0.2, -0.15) is 0 Å². The molecule has 1 atom stereocenters. The molecule has 0 radical (unpaired) electrons. The molecule has 0 fully saturated rings. The molecule has 2 rings (SSSR count). The minimum absolute atomic E-state index is 0.238. The largest absolute Gasteiger partial charge is 0.467 e. The summed E-state index contributed by atoms with van der Waals surface area (Å²) in [5.74, 6) is -0.685. The highest BCUT2D eigenvalue weighted by Crippen LogP contribution is 2.18. The highest BCUT2D eigenvalue weighted by Gasteiger charge is 2.21. The van der Waals surface area contributed by atoms with E-state index in [2.05, 4.69) is 15.4 Å². The summed E-state index contributed by atoms with van der Waals surface area (Å²) in [6.45, 7) is 3.22. The molecule has 1 aromatic rings. The van der Waals surface area contributed by atoms with Gasteiger partial charge in [-0.05, 0) is 37.1 Å². The van der Waals surface area contributed by atoms with Crippen LogP contribution in [0.2, 0.25) is 0 Å². The van der Waals surface area contributed by atoms with Gasteiger partial charge in [-0.25, -0.2) is 4.79 Å². The summed E-state index contributed by atoms with van der Waals surface area (Å²) < 4.78 is 4.60. The number of carbonyl (C=O) groups is 2. The van der Waals surface area contributed by atoms with Gasteiger partial charge in [-0.1, -0.05) is 12.1 Å². The zero-order valence-electron chi connectivity index (χ0n) is 11.2. The maximum atomic E-state index is 12.2. The van der Waals surface area contributed by atoms with Gasteiger partial charge in [0.15, 0.2) is 0 Å². The number of nitrogens with one attached hydrogen (secondary N) is 2. The predicted octanol–water partition coefficient (Wildman–Crippen LogP) is 0.624. The lowest BCUT2D eigenvalue weighted by Crippen LogP contribution is -2.40. The lowest BCUT2D eigenvalue weighted by Gasteiger charge is -2.20. The van der Waals surface area contributed by atoms with Gasteiger partial charge >= 0.3 is 5.97 Å². The van der Waals surface area contributed by atoms with Gasteiger partial charge < -0.3 is 15.4 Å². The molecule has 5 heteroatoms. The molecule has 102 valence electrons. The van der Waals surface area contributed by atoms with E-state index in [4.69, 9.17) is 0 Å². The van der Waals surface area contributed by atoms with E-state index in [1.807, 2.05) is 12.1 Å². The van der Waals surface area contributed by atoms with Crippen molar-refractivity contribution in [2.75, 3.05) is 13.7 Å². The molecule has 1 aliphatic heterocycles. The predicted molar refractivity (Wildman–Crippen MR) is 70.8 cm³/mol. The SMILES string of the molecule is COC(=O)C(C)NC(=O)c1cccc2c1CNCC2. The molecule has 1 aromatic carbocycles. The number of benzene rings is 1. The molecule has 2 N–H and O–H groups in total. The summed E-state index contributed by atoms with van der Waals surface area (Å²) in [7, 11) is 1.30. The van der Waals surface area contributed by atoms with Crippen molar-refractivity contribution in [3.63, 3.8) is 0 Å². The van der Waals surface area contributed by atoms with Crippen molar-refractivity contribution in [2.24, 2.45) is 0 Å². The van der Waals surface area contributed by atoms with Gasteiger partial charge in [-0.3, -0.25) is 4.79 Å². The standard InChI is InChI=1S/C14H18N2O3/c1-9(14(18)19-2)16-13(17)11-5-3-4-10-6-7-15-8-12(10)11/h3-5,9,15H,6-8H2,1-2H3,(H,16,17). The average Bonchev–Trinajstić information content (AvgIpc) is 2.45. The first-order valence-corrected chi connectivity index (χ1v) is 6.33. The first-order chi connectivity index (χ1) is 9.13. The molecule has 1 amide bonds. The minimum atomic E-state index is -0.648. The number of hydrogen-bond donors (Lipinski definition) is 2. The van der Waals surface area contributed by atoms with Crippen LogP contribution in [0.1, 0.15) is 28.4 Å². The van der Waals surface area contributed by atoms with Crippen molar-refractivity contribution in [2.45, 2.75) is 25.9 Å². The van der Waals surface area contributed by atoms with Crippen molar-refractivity contribution in [3.05, 3.63) is 34.9 Å². The van der Waals surface area contributed by atoms with Crippen LogP contribution in [-0.4, -0.2) is 31.6 Å². The number of ether oxygens (including phenoxy) is 1. The van der Waals surface area contributed by atoms with Crippen molar-refractivity contribution >= 4 is 11.9 Å². The van der Waals surface area contributed by atoms with E-state index in [9.17, 15) is 9.59 Å². The topological polar surface area (TPSA) is 67.4 Å². The number of methoxy groups -OCH3 is 1. The van der Waals surface area contributed by atoms with Crippen LogP contribution < -0.4 is 10.6 Å². The zero-order chi connectivity index (χ0) is 13.8. The van der Waals surface area contributed by atoms with Crippen LogP contribution in [0.15, 0.2) is 18.2 Å². The van der Waals surface area contributed by atoms with Crippen LogP contribution in [-0.2, 0) is 22.5 Å². The molecule has 0 bridgehead atoms. The first kappa shape index (κ1) is 13.5. The van der Waals surface area contributed by atoms with Gasteiger partial charge in [0.05, 0.1) is 7.11 Å². The molecule has 19 heavy (non-hydrogen) atoms. The maximum Gasteiger partial charge on any atom is 0.328 e. The van der Waals surface area contributed by atoms with Crippen LogP contribution in [0, 0.1) is 0 Å². The van der Waals surface area contributed by atoms with E-state index >= 15 is 0 Å². The van der Waals surface area contributed by atoms with Gasteiger partial charge in [0, 0.05) is 12.1 Å². The monoisotopic (exact) mass is 262 g/mol. The van der Waals surface area contributed by atoms with Crippen LogP contribution in [0.4, 0.5) is 0 Å². The van der Waals surface area contributed by atoms with E-state index < -0.39 is 12.0 Å². The number of fused-ring (bicyclic) bond motifs is 1. The second-order valence-electron chi connectivity index (χ2n) is 4.59.